The summed E-state index contributed by atoms with van der Waals surface area (Å²) in [6.07, 6.45) is 0.423. The molecule has 0 saturated carbocycles. The van der Waals surface area contributed by atoms with Crippen molar-refractivity contribution in [3.63, 3.8) is 0 Å². The van der Waals surface area contributed by atoms with Crippen LogP contribution in [0.5, 0.6) is 0 Å². The van der Waals surface area contributed by atoms with Gasteiger partial charge in [-0.3, -0.25) is 9.36 Å². The summed E-state index contributed by atoms with van der Waals surface area (Å²) < 4.78 is 6.36. The zero-order valence-corrected chi connectivity index (χ0v) is 8.40. The first kappa shape index (κ1) is 9.71. The first-order valence-corrected chi connectivity index (χ1v) is 4.82. The third-order valence-electron chi connectivity index (χ3n) is 2.30. The lowest BCUT2D eigenvalue weighted by molar-refractivity contribution is -0.119. The standard InChI is InChI=1S/C11H11NO3/c1-2-8(13)7-12-9-5-3-4-6-10(9)15-11(12)14/h3-6H,2,7H2,1H3. The maximum atomic E-state index is 11.4. The Hall–Kier alpha value is -1.84. The highest BCUT2D eigenvalue weighted by Crippen LogP contribution is 2.11. The number of benzene rings is 1. The second kappa shape index (κ2) is 3.73. The molecule has 2 rings (SSSR count). The van der Waals surface area contributed by atoms with Crippen molar-refractivity contribution in [3.05, 3.63) is 34.8 Å². The number of nitrogens with zero attached hydrogens (tertiary/aromatic N) is 1. The molecule has 1 aromatic heterocycles. The first-order chi connectivity index (χ1) is 7.22. The summed E-state index contributed by atoms with van der Waals surface area (Å²) >= 11 is 0. The summed E-state index contributed by atoms with van der Waals surface area (Å²) in [5.41, 5.74) is 1.19. The van der Waals surface area contributed by atoms with E-state index in [2.05, 4.69) is 0 Å². The lowest BCUT2D eigenvalue weighted by Crippen LogP contribution is -2.19. The summed E-state index contributed by atoms with van der Waals surface area (Å²) in [6.45, 7) is 1.86. The van der Waals surface area contributed by atoms with Gasteiger partial charge in [0, 0.05) is 6.42 Å². The van der Waals surface area contributed by atoms with Crippen LogP contribution in [0.25, 0.3) is 11.1 Å². The van der Waals surface area contributed by atoms with E-state index < -0.39 is 5.76 Å². The summed E-state index contributed by atoms with van der Waals surface area (Å²) in [4.78, 5) is 22.7. The molecule has 0 radical (unpaired) electrons. The van der Waals surface area contributed by atoms with E-state index in [1.54, 1.807) is 25.1 Å². The number of ketones is 1. The van der Waals surface area contributed by atoms with E-state index in [1.165, 1.54) is 4.57 Å². The molecule has 0 spiro atoms. The molecule has 4 nitrogen and oxygen atoms in total. The van der Waals surface area contributed by atoms with Crippen LogP contribution in [0, 0.1) is 0 Å². The van der Waals surface area contributed by atoms with Gasteiger partial charge in [-0.2, -0.15) is 0 Å². The largest absolute Gasteiger partial charge is 0.420 e. The molecule has 0 unspecified atom stereocenters. The van der Waals surface area contributed by atoms with Gasteiger partial charge < -0.3 is 4.42 Å². The Labute approximate surface area is 86.1 Å². The average molecular weight is 205 g/mol. The number of hydrogen-bond donors (Lipinski definition) is 0. The van der Waals surface area contributed by atoms with Gasteiger partial charge in [0.2, 0.25) is 0 Å². The summed E-state index contributed by atoms with van der Waals surface area (Å²) in [5.74, 6) is -0.457. The van der Waals surface area contributed by atoms with Crippen LogP contribution in [0.4, 0.5) is 0 Å². The minimum Gasteiger partial charge on any atom is -0.408 e. The Morgan fingerprint density at radius 2 is 2.13 bits per heavy atom. The van der Waals surface area contributed by atoms with Crippen molar-refractivity contribution in [2.75, 3.05) is 0 Å². The average Bonchev–Trinajstić information content (AvgIpc) is 2.55. The first-order valence-electron chi connectivity index (χ1n) is 4.82. The Bertz CT molecular complexity index is 550. The van der Waals surface area contributed by atoms with Crippen LogP contribution >= 0.6 is 0 Å². The topological polar surface area (TPSA) is 52.2 Å². The fourth-order valence-corrected chi connectivity index (χ4v) is 1.45. The smallest absolute Gasteiger partial charge is 0.408 e. The predicted molar refractivity (Wildman–Crippen MR) is 55.8 cm³/mol. The Morgan fingerprint density at radius 3 is 2.87 bits per heavy atom. The zero-order chi connectivity index (χ0) is 10.8. The van der Waals surface area contributed by atoms with Crippen LogP contribution < -0.4 is 5.76 Å². The van der Waals surface area contributed by atoms with E-state index >= 15 is 0 Å². The Kier molecular flexibility index (Phi) is 2.41. The monoisotopic (exact) mass is 205 g/mol. The summed E-state index contributed by atoms with van der Waals surface area (Å²) in [6, 6.07) is 7.08. The molecule has 0 aliphatic heterocycles. The number of para-hydroxylation sites is 2. The minimum absolute atomic E-state index is 0.0173. The van der Waals surface area contributed by atoms with Gasteiger partial charge in [0.15, 0.2) is 11.4 Å². The highest BCUT2D eigenvalue weighted by molar-refractivity contribution is 5.80. The number of hydrogen-bond acceptors (Lipinski definition) is 3. The fourth-order valence-electron chi connectivity index (χ4n) is 1.45. The molecule has 0 fully saturated rings. The maximum Gasteiger partial charge on any atom is 0.420 e. The third kappa shape index (κ3) is 1.70. The second-order valence-corrected chi connectivity index (χ2v) is 3.31. The van der Waals surface area contributed by atoms with Gasteiger partial charge in [-0.25, -0.2) is 4.79 Å². The highest BCUT2D eigenvalue weighted by atomic mass is 16.4. The van der Waals surface area contributed by atoms with Gasteiger partial charge in [-0.05, 0) is 12.1 Å². The predicted octanol–water partition coefficient (Wildman–Crippen LogP) is 1.57. The van der Waals surface area contributed by atoms with Crippen LogP contribution in [0.1, 0.15) is 13.3 Å². The van der Waals surface area contributed by atoms with E-state index in [0.29, 0.717) is 17.5 Å². The van der Waals surface area contributed by atoms with E-state index in [-0.39, 0.29) is 12.3 Å². The van der Waals surface area contributed by atoms with Crippen LogP contribution in [0.2, 0.25) is 0 Å². The molecular weight excluding hydrogens is 194 g/mol. The lowest BCUT2D eigenvalue weighted by atomic mass is 10.3. The molecule has 1 aromatic carbocycles. The third-order valence-corrected chi connectivity index (χ3v) is 2.30. The van der Waals surface area contributed by atoms with Crippen molar-refractivity contribution in [1.29, 1.82) is 0 Å². The van der Waals surface area contributed by atoms with Crippen LogP contribution in [0.15, 0.2) is 33.5 Å². The number of oxazole rings is 1. The number of aromatic nitrogens is 1. The highest BCUT2D eigenvalue weighted by Gasteiger charge is 2.10. The second-order valence-electron chi connectivity index (χ2n) is 3.31. The van der Waals surface area contributed by atoms with Gasteiger partial charge in [0.1, 0.15) is 0 Å². The Balaban J connectivity index is 2.54. The molecule has 0 saturated heterocycles. The number of carbonyl (C=O) groups is 1. The molecule has 0 atom stereocenters. The van der Waals surface area contributed by atoms with Gasteiger partial charge in [-0.15, -0.1) is 0 Å². The molecule has 1 heterocycles. The van der Waals surface area contributed by atoms with Crippen molar-refractivity contribution in [2.24, 2.45) is 0 Å². The molecule has 0 bridgehead atoms. The van der Waals surface area contributed by atoms with Crippen molar-refractivity contribution in [1.82, 2.24) is 4.57 Å². The number of fused-ring (bicyclic) bond motifs is 1. The molecule has 0 amide bonds. The van der Waals surface area contributed by atoms with Crippen LogP contribution in [-0.2, 0) is 11.3 Å². The fraction of sp³-hybridized carbons (Fsp3) is 0.273. The summed E-state index contributed by atoms with van der Waals surface area (Å²) in [5, 5.41) is 0. The number of rotatable bonds is 3. The quantitative estimate of drug-likeness (QED) is 0.764. The van der Waals surface area contributed by atoms with Gasteiger partial charge in [-0.1, -0.05) is 19.1 Å². The molecular formula is C11H11NO3. The molecule has 0 aliphatic carbocycles. The normalized spacial score (nSPS) is 10.7. The van der Waals surface area contributed by atoms with Gasteiger partial charge in [0.25, 0.3) is 0 Å². The summed E-state index contributed by atoms with van der Waals surface area (Å²) in [7, 11) is 0. The molecule has 0 N–H and O–H groups in total. The lowest BCUT2D eigenvalue weighted by Gasteiger charge is -1.98. The van der Waals surface area contributed by atoms with Crippen molar-refractivity contribution in [2.45, 2.75) is 19.9 Å². The SMILES string of the molecule is CCC(=O)Cn1c(=O)oc2ccccc21. The van der Waals surface area contributed by atoms with Crippen molar-refractivity contribution >= 4 is 16.9 Å². The molecule has 2 aromatic rings. The van der Waals surface area contributed by atoms with Gasteiger partial charge >= 0.3 is 5.76 Å². The molecule has 0 aliphatic rings. The van der Waals surface area contributed by atoms with Crippen molar-refractivity contribution in [3.8, 4) is 0 Å². The van der Waals surface area contributed by atoms with E-state index in [1.807, 2.05) is 6.07 Å². The number of Topliss-reactive ketones (excluding diaryl/α,β-unsaturated/α-hetero) is 1. The molecule has 4 heteroatoms. The zero-order valence-electron chi connectivity index (χ0n) is 8.40. The minimum atomic E-state index is -0.474. The van der Waals surface area contributed by atoms with E-state index in [9.17, 15) is 9.59 Å². The van der Waals surface area contributed by atoms with Crippen LogP contribution in [0.3, 0.4) is 0 Å². The molecule has 78 valence electrons. The number of carbonyl (C=O) groups excluding carboxylic acids is 1. The van der Waals surface area contributed by atoms with Crippen LogP contribution in [-0.4, -0.2) is 10.4 Å². The molecule has 15 heavy (non-hydrogen) atoms. The van der Waals surface area contributed by atoms with E-state index in [0.717, 1.165) is 0 Å². The van der Waals surface area contributed by atoms with E-state index in [4.69, 9.17) is 4.42 Å². The van der Waals surface area contributed by atoms with Crippen molar-refractivity contribution < 1.29 is 9.21 Å². The maximum absolute atomic E-state index is 11.4. The Morgan fingerprint density at radius 1 is 1.40 bits per heavy atom. The van der Waals surface area contributed by atoms with Gasteiger partial charge in [0.05, 0.1) is 12.1 Å².